The molecule has 0 amide bonds. The van der Waals surface area contributed by atoms with Gasteiger partial charge in [0.15, 0.2) is 4.80 Å². The maximum atomic E-state index is 13.3. The van der Waals surface area contributed by atoms with E-state index < -0.39 is 0 Å². The summed E-state index contributed by atoms with van der Waals surface area (Å²) in [6, 6.07) is 19.5. The van der Waals surface area contributed by atoms with Gasteiger partial charge in [0.05, 0.1) is 27.3 Å². The summed E-state index contributed by atoms with van der Waals surface area (Å²) in [6.45, 7) is 2.01. The number of aryl methyl sites for hydroxylation is 1. The van der Waals surface area contributed by atoms with Crippen LogP contribution in [0, 0.1) is 12.7 Å². The molecule has 0 spiro atoms. The summed E-state index contributed by atoms with van der Waals surface area (Å²) in [5.74, 6) is -0.234. The van der Waals surface area contributed by atoms with Gasteiger partial charge in [0, 0.05) is 0 Å². The second kappa shape index (κ2) is 7.77. The standard InChI is InChI=1S/C24H17FN4OS/c1-15-2-9-19(10-3-15)29-23(30)22(13-16-4-11-20-21(12-16)27-14-26-20)31-24(29)28-18-7-5-17(25)6-8-18/h2-14,30H,1H3. The first-order valence-corrected chi connectivity index (χ1v) is 10.4. The summed E-state index contributed by atoms with van der Waals surface area (Å²) >= 11 is 1.35. The molecule has 0 fully saturated rings. The van der Waals surface area contributed by atoms with Crippen molar-refractivity contribution in [3.8, 4) is 11.6 Å². The van der Waals surface area contributed by atoms with Crippen LogP contribution in [0.5, 0.6) is 5.88 Å². The minimum absolute atomic E-state index is 0.0865. The molecule has 0 radical (unpaired) electrons. The summed E-state index contributed by atoms with van der Waals surface area (Å²) in [7, 11) is 0. The molecule has 1 N–H and O–H groups in total. The molecule has 31 heavy (non-hydrogen) atoms. The van der Waals surface area contributed by atoms with Crippen molar-refractivity contribution in [3.63, 3.8) is 0 Å². The highest BCUT2D eigenvalue weighted by Crippen LogP contribution is 2.26. The summed E-state index contributed by atoms with van der Waals surface area (Å²) in [5.41, 5.74) is 3.31. The molecule has 0 atom stereocenters. The lowest BCUT2D eigenvalue weighted by molar-refractivity contribution is 0.439. The molecular formula is C24H17FN4OS. The van der Waals surface area contributed by atoms with Crippen molar-refractivity contribution in [2.24, 2.45) is 15.0 Å². The molecule has 0 bridgehead atoms. The normalized spacial score (nSPS) is 13.5. The van der Waals surface area contributed by atoms with Crippen molar-refractivity contribution in [2.75, 3.05) is 0 Å². The number of thiazole rings is 1. The first-order chi connectivity index (χ1) is 15.1. The molecule has 1 aromatic heterocycles. The first kappa shape index (κ1) is 19.1. The van der Waals surface area contributed by atoms with Gasteiger partial charge < -0.3 is 5.11 Å². The molecule has 0 saturated carbocycles. The molecule has 1 aliphatic heterocycles. The summed E-state index contributed by atoms with van der Waals surface area (Å²) < 4.78 is 15.0. The Labute approximate surface area is 181 Å². The average molecular weight is 428 g/mol. The second-order valence-electron chi connectivity index (χ2n) is 7.10. The lowest BCUT2D eigenvalue weighted by Gasteiger charge is -2.05. The molecule has 3 aromatic carbocycles. The number of aliphatic imine (C=N–C) groups is 1. The van der Waals surface area contributed by atoms with Gasteiger partial charge in [0.25, 0.3) is 0 Å². The van der Waals surface area contributed by atoms with Crippen LogP contribution in [0.15, 0.2) is 81.7 Å². The van der Waals surface area contributed by atoms with Crippen LogP contribution in [-0.2, 0) is 0 Å². The smallest absolute Gasteiger partial charge is 0.215 e. The molecule has 5 rings (SSSR count). The average Bonchev–Trinajstić information content (AvgIpc) is 3.35. The van der Waals surface area contributed by atoms with Gasteiger partial charge >= 0.3 is 0 Å². The van der Waals surface area contributed by atoms with Crippen LogP contribution >= 0.6 is 11.3 Å². The lowest BCUT2D eigenvalue weighted by atomic mass is 10.2. The van der Waals surface area contributed by atoms with E-state index in [1.54, 1.807) is 16.7 Å². The Bertz CT molecular complexity index is 1500. The summed E-state index contributed by atoms with van der Waals surface area (Å²) in [5, 5.41) is 12.8. The minimum Gasteiger partial charge on any atom is -0.493 e. The zero-order chi connectivity index (χ0) is 21.4. The predicted molar refractivity (Wildman–Crippen MR) is 121 cm³/mol. The van der Waals surface area contributed by atoms with Gasteiger partial charge in [-0.3, -0.25) is 4.57 Å². The fourth-order valence-corrected chi connectivity index (χ4v) is 4.27. The van der Waals surface area contributed by atoms with Crippen LogP contribution in [0.2, 0.25) is 0 Å². The van der Waals surface area contributed by atoms with Crippen molar-refractivity contribution in [2.45, 2.75) is 6.92 Å². The molecule has 152 valence electrons. The number of rotatable bonds is 3. The van der Waals surface area contributed by atoms with Crippen LogP contribution in [0.1, 0.15) is 10.4 Å². The number of nitrogens with zero attached hydrogens (tertiary/aromatic N) is 4. The quantitative estimate of drug-likeness (QED) is 0.526. The van der Waals surface area contributed by atoms with Crippen molar-refractivity contribution in [1.29, 1.82) is 0 Å². The van der Waals surface area contributed by atoms with Crippen LogP contribution in [-0.4, -0.2) is 16.0 Å². The van der Waals surface area contributed by atoms with E-state index in [0.717, 1.165) is 27.5 Å². The number of benzene rings is 3. The fraction of sp³-hybridized carbons (Fsp3) is 0.0417. The van der Waals surface area contributed by atoms with E-state index in [2.05, 4.69) is 15.0 Å². The third kappa shape index (κ3) is 3.83. The molecule has 4 aromatic rings. The fourth-order valence-electron chi connectivity index (χ4n) is 3.26. The van der Waals surface area contributed by atoms with Gasteiger partial charge in [-0.25, -0.2) is 19.4 Å². The van der Waals surface area contributed by atoms with Gasteiger partial charge in [0.2, 0.25) is 5.88 Å². The van der Waals surface area contributed by atoms with E-state index in [4.69, 9.17) is 0 Å². The Morgan fingerprint density at radius 1 is 1.03 bits per heavy atom. The molecule has 0 aliphatic carbocycles. The second-order valence-corrected chi connectivity index (χ2v) is 8.11. The lowest BCUT2D eigenvalue weighted by Crippen LogP contribution is -2.11. The number of hydrogen-bond donors (Lipinski definition) is 1. The Kier molecular flexibility index (Phi) is 4.80. The maximum absolute atomic E-state index is 13.3. The Balaban J connectivity index is 1.71. The molecule has 7 heteroatoms. The third-order valence-corrected chi connectivity index (χ3v) is 5.84. The van der Waals surface area contributed by atoms with E-state index in [1.165, 1.54) is 29.8 Å². The van der Waals surface area contributed by atoms with E-state index >= 15 is 0 Å². The minimum atomic E-state index is -0.320. The van der Waals surface area contributed by atoms with Gasteiger partial charge in [-0.15, -0.1) is 0 Å². The summed E-state index contributed by atoms with van der Waals surface area (Å²) in [4.78, 5) is 14.3. The van der Waals surface area contributed by atoms with E-state index in [0.29, 0.717) is 15.4 Å². The molecule has 2 heterocycles. The zero-order valence-corrected chi connectivity index (χ0v) is 17.3. The first-order valence-electron chi connectivity index (χ1n) is 9.61. The molecular weight excluding hydrogens is 411 g/mol. The van der Waals surface area contributed by atoms with E-state index in [-0.39, 0.29) is 11.7 Å². The maximum Gasteiger partial charge on any atom is 0.215 e. The Morgan fingerprint density at radius 2 is 1.81 bits per heavy atom. The van der Waals surface area contributed by atoms with E-state index in [9.17, 15) is 9.50 Å². The van der Waals surface area contributed by atoms with Crippen molar-refractivity contribution < 1.29 is 9.50 Å². The molecule has 1 aliphatic rings. The van der Waals surface area contributed by atoms with Crippen LogP contribution in [0.4, 0.5) is 15.8 Å². The highest BCUT2D eigenvalue weighted by molar-refractivity contribution is 7.10. The molecule has 0 unspecified atom stereocenters. The number of aromatic nitrogens is 1. The van der Waals surface area contributed by atoms with Gasteiger partial charge in [0.1, 0.15) is 12.2 Å². The highest BCUT2D eigenvalue weighted by atomic mass is 32.1. The largest absolute Gasteiger partial charge is 0.493 e. The van der Waals surface area contributed by atoms with E-state index in [1.807, 2.05) is 55.5 Å². The van der Waals surface area contributed by atoms with Crippen LogP contribution in [0.25, 0.3) is 11.8 Å². The third-order valence-electron chi connectivity index (χ3n) is 4.86. The zero-order valence-electron chi connectivity index (χ0n) is 16.5. The van der Waals surface area contributed by atoms with Crippen LogP contribution < -0.4 is 15.4 Å². The number of halogens is 1. The summed E-state index contributed by atoms with van der Waals surface area (Å²) in [6.07, 6.45) is 3.42. The van der Waals surface area contributed by atoms with Gasteiger partial charge in [-0.05, 0) is 66.7 Å². The predicted octanol–water partition coefficient (Wildman–Crippen LogP) is 4.05. The SMILES string of the molecule is Cc1ccc(-n2c(O)c(C=c3ccc4c(c3)N=CN=4)sc2=Nc2ccc(F)cc2)cc1. The monoisotopic (exact) mass is 428 g/mol. The molecule has 0 saturated heterocycles. The Hall–Kier alpha value is -3.84. The van der Waals surface area contributed by atoms with Crippen molar-refractivity contribution in [1.82, 2.24) is 4.57 Å². The number of fused-ring (bicyclic) bond motifs is 1. The number of hydrogen-bond acceptors (Lipinski definition) is 5. The van der Waals surface area contributed by atoms with Crippen molar-refractivity contribution in [3.05, 3.63) is 98.4 Å². The number of aromatic hydroxyl groups is 1. The topological polar surface area (TPSA) is 62.2 Å². The van der Waals surface area contributed by atoms with Crippen molar-refractivity contribution >= 4 is 35.1 Å². The Morgan fingerprint density at radius 3 is 2.58 bits per heavy atom. The van der Waals surface area contributed by atoms with Gasteiger partial charge in [-0.2, -0.15) is 0 Å². The van der Waals surface area contributed by atoms with Crippen LogP contribution in [0.3, 0.4) is 0 Å². The van der Waals surface area contributed by atoms with Gasteiger partial charge in [-0.1, -0.05) is 35.1 Å². The molecule has 5 nitrogen and oxygen atoms in total. The highest BCUT2D eigenvalue weighted by Gasteiger charge is 2.13.